The molecule has 0 aromatic heterocycles. The number of ether oxygens (including phenoxy) is 1. The van der Waals surface area contributed by atoms with Crippen molar-refractivity contribution in [3.63, 3.8) is 0 Å². The van der Waals surface area contributed by atoms with Crippen molar-refractivity contribution in [3.8, 4) is 5.75 Å². The number of nitrogens with one attached hydrogen (secondary N) is 1. The summed E-state index contributed by atoms with van der Waals surface area (Å²) in [7, 11) is 1.65. The van der Waals surface area contributed by atoms with Crippen molar-refractivity contribution in [3.05, 3.63) is 59.7 Å². The van der Waals surface area contributed by atoms with Gasteiger partial charge in [-0.2, -0.15) is 0 Å². The molecule has 2 aromatic carbocycles. The lowest BCUT2D eigenvalue weighted by Crippen LogP contribution is -2.33. The maximum atomic E-state index is 6.08. The van der Waals surface area contributed by atoms with Crippen molar-refractivity contribution in [2.45, 2.75) is 31.6 Å². The van der Waals surface area contributed by atoms with E-state index in [1.807, 2.05) is 24.3 Å². The highest BCUT2D eigenvalue weighted by Crippen LogP contribution is 2.37. The molecule has 0 radical (unpaired) electrons. The molecule has 0 amide bonds. The molecule has 24 heavy (non-hydrogen) atoms. The Morgan fingerprint density at radius 1 is 1.21 bits per heavy atom. The van der Waals surface area contributed by atoms with Gasteiger partial charge in [-0.25, -0.2) is 0 Å². The fourth-order valence-electron chi connectivity index (χ4n) is 3.42. The van der Waals surface area contributed by atoms with Crippen LogP contribution in [0.4, 0.5) is 5.69 Å². The summed E-state index contributed by atoms with van der Waals surface area (Å²) in [6, 6.07) is 16.4. The number of rotatable bonds is 4. The van der Waals surface area contributed by atoms with Crippen LogP contribution in [0.15, 0.2) is 53.5 Å². The molecule has 0 fully saturated rings. The Morgan fingerprint density at radius 2 is 1.96 bits per heavy atom. The zero-order chi connectivity index (χ0) is 17.0. The van der Waals surface area contributed by atoms with Crippen molar-refractivity contribution >= 4 is 11.6 Å². The third kappa shape index (κ3) is 3.53. The molecule has 0 bridgehead atoms. The molecule has 4 heteroatoms. The van der Waals surface area contributed by atoms with E-state index in [-0.39, 0.29) is 5.41 Å². The average Bonchev–Trinajstić information content (AvgIpc) is 2.61. The van der Waals surface area contributed by atoms with Crippen LogP contribution in [0, 0.1) is 0 Å². The molecule has 1 unspecified atom stereocenters. The van der Waals surface area contributed by atoms with E-state index < -0.39 is 0 Å². The second-order valence-electron chi connectivity index (χ2n) is 6.63. The minimum atomic E-state index is 0.0566. The molecule has 0 spiro atoms. The number of hydrogen-bond acceptors (Lipinski definition) is 2. The predicted octanol–water partition coefficient (Wildman–Crippen LogP) is 3.72. The summed E-state index contributed by atoms with van der Waals surface area (Å²) in [6.07, 6.45) is 3.51. The summed E-state index contributed by atoms with van der Waals surface area (Å²) >= 11 is 0. The van der Waals surface area contributed by atoms with E-state index in [2.05, 4.69) is 41.5 Å². The summed E-state index contributed by atoms with van der Waals surface area (Å²) < 4.78 is 5.16. The van der Waals surface area contributed by atoms with Crippen LogP contribution < -0.4 is 15.8 Å². The molecule has 2 aromatic rings. The highest BCUT2D eigenvalue weighted by Gasteiger charge is 2.31. The number of aryl methyl sites for hydroxylation is 1. The largest absolute Gasteiger partial charge is 0.497 e. The first-order valence-corrected chi connectivity index (χ1v) is 8.40. The number of benzene rings is 2. The fourth-order valence-corrected chi connectivity index (χ4v) is 3.42. The van der Waals surface area contributed by atoms with E-state index in [0.717, 1.165) is 24.3 Å². The monoisotopic (exact) mass is 323 g/mol. The van der Waals surface area contributed by atoms with Crippen molar-refractivity contribution in [2.24, 2.45) is 10.7 Å². The number of anilines is 1. The Kier molecular flexibility index (Phi) is 4.74. The number of nitrogens with zero attached hydrogens (tertiary/aromatic N) is 1. The summed E-state index contributed by atoms with van der Waals surface area (Å²) in [4.78, 5) is 4.61. The van der Waals surface area contributed by atoms with Crippen LogP contribution in [0.5, 0.6) is 5.75 Å². The number of aliphatic imine (C=N–C) groups is 1. The standard InChI is InChI=1S/C20H25N3O/c1-20(13-5-7-15-6-3-4-8-18(15)20)14-22-19(21)23-16-9-11-17(24-2)12-10-16/h3-4,6,8-12H,5,7,13-14H2,1-2H3,(H3,21,22,23). The van der Waals surface area contributed by atoms with Crippen molar-refractivity contribution < 1.29 is 4.74 Å². The first-order chi connectivity index (χ1) is 11.6. The van der Waals surface area contributed by atoms with Gasteiger partial charge in [0, 0.05) is 11.1 Å². The minimum absolute atomic E-state index is 0.0566. The summed E-state index contributed by atoms with van der Waals surface area (Å²) in [5.41, 5.74) is 9.91. The van der Waals surface area contributed by atoms with Gasteiger partial charge in [0.1, 0.15) is 5.75 Å². The highest BCUT2D eigenvalue weighted by atomic mass is 16.5. The predicted molar refractivity (Wildman–Crippen MR) is 99.8 cm³/mol. The Balaban J connectivity index is 1.70. The molecule has 0 heterocycles. The second-order valence-corrected chi connectivity index (χ2v) is 6.63. The fraction of sp³-hybridized carbons (Fsp3) is 0.350. The number of hydrogen-bond donors (Lipinski definition) is 2. The molecule has 3 rings (SSSR count). The summed E-state index contributed by atoms with van der Waals surface area (Å²) in [6.45, 7) is 2.98. The van der Waals surface area contributed by atoms with Crippen LogP contribution in [0.2, 0.25) is 0 Å². The van der Waals surface area contributed by atoms with Gasteiger partial charge in [0.15, 0.2) is 5.96 Å². The molecular formula is C20H25N3O. The van der Waals surface area contributed by atoms with Gasteiger partial charge in [0.25, 0.3) is 0 Å². The Labute approximate surface area is 143 Å². The van der Waals surface area contributed by atoms with E-state index in [1.165, 1.54) is 17.5 Å². The third-order valence-electron chi connectivity index (χ3n) is 4.80. The SMILES string of the molecule is COc1ccc(NC(N)=NCC2(C)CCCc3ccccc32)cc1. The van der Waals surface area contributed by atoms with E-state index in [1.54, 1.807) is 7.11 Å². The lowest BCUT2D eigenvalue weighted by Gasteiger charge is -2.34. The maximum absolute atomic E-state index is 6.08. The quantitative estimate of drug-likeness (QED) is 0.666. The smallest absolute Gasteiger partial charge is 0.193 e. The average molecular weight is 323 g/mol. The van der Waals surface area contributed by atoms with Gasteiger partial charge >= 0.3 is 0 Å². The molecule has 126 valence electrons. The third-order valence-corrected chi connectivity index (χ3v) is 4.80. The molecule has 3 N–H and O–H groups in total. The molecule has 1 aliphatic carbocycles. The van der Waals surface area contributed by atoms with E-state index >= 15 is 0 Å². The van der Waals surface area contributed by atoms with Crippen LogP contribution in [-0.4, -0.2) is 19.6 Å². The van der Waals surface area contributed by atoms with Crippen LogP contribution in [-0.2, 0) is 11.8 Å². The highest BCUT2D eigenvalue weighted by molar-refractivity contribution is 5.92. The first kappa shape index (κ1) is 16.4. The van der Waals surface area contributed by atoms with Gasteiger partial charge in [0.05, 0.1) is 13.7 Å². The molecule has 1 aliphatic rings. The minimum Gasteiger partial charge on any atom is -0.497 e. The number of fused-ring (bicyclic) bond motifs is 1. The van der Waals surface area contributed by atoms with E-state index in [4.69, 9.17) is 10.5 Å². The zero-order valence-corrected chi connectivity index (χ0v) is 14.4. The second kappa shape index (κ2) is 6.95. The lowest BCUT2D eigenvalue weighted by atomic mass is 9.71. The maximum Gasteiger partial charge on any atom is 0.193 e. The van der Waals surface area contributed by atoms with Crippen molar-refractivity contribution in [1.29, 1.82) is 0 Å². The number of methoxy groups -OCH3 is 1. The normalized spacial score (nSPS) is 20.3. The summed E-state index contributed by atoms with van der Waals surface area (Å²) in [5, 5.41) is 3.15. The van der Waals surface area contributed by atoms with Crippen LogP contribution >= 0.6 is 0 Å². The summed E-state index contributed by atoms with van der Waals surface area (Å²) in [5.74, 6) is 1.27. The number of guanidine groups is 1. The van der Waals surface area contributed by atoms with E-state index in [9.17, 15) is 0 Å². The van der Waals surface area contributed by atoms with Crippen molar-refractivity contribution in [1.82, 2.24) is 0 Å². The Morgan fingerprint density at radius 3 is 2.71 bits per heavy atom. The molecule has 0 saturated heterocycles. The lowest BCUT2D eigenvalue weighted by molar-refractivity contribution is 0.405. The first-order valence-electron chi connectivity index (χ1n) is 8.40. The topological polar surface area (TPSA) is 59.6 Å². The van der Waals surface area contributed by atoms with Gasteiger partial charge < -0.3 is 15.8 Å². The zero-order valence-electron chi connectivity index (χ0n) is 14.4. The van der Waals surface area contributed by atoms with Crippen LogP contribution in [0.1, 0.15) is 30.9 Å². The van der Waals surface area contributed by atoms with Gasteiger partial charge in [-0.05, 0) is 54.7 Å². The Bertz CT molecular complexity index is 724. The molecule has 4 nitrogen and oxygen atoms in total. The molecule has 0 aliphatic heterocycles. The van der Waals surface area contributed by atoms with E-state index in [0.29, 0.717) is 12.5 Å². The molecule has 1 atom stereocenters. The van der Waals surface area contributed by atoms with Gasteiger partial charge in [-0.1, -0.05) is 31.2 Å². The number of nitrogens with two attached hydrogens (primary N) is 1. The van der Waals surface area contributed by atoms with Crippen LogP contribution in [0.25, 0.3) is 0 Å². The van der Waals surface area contributed by atoms with Gasteiger partial charge in [0.2, 0.25) is 0 Å². The van der Waals surface area contributed by atoms with Gasteiger partial charge in [-0.15, -0.1) is 0 Å². The molecule has 0 saturated carbocycles. The Hall–Kier alpha value is -2.49. The van der Waals surface area contributed by atoms with Crippen molar-refractivity contribution in [2.75, 3.05) is 19.0 Å². The molecular weight excluding hydrogens is 298 g/mol. The van der Waals surface area contributed by atoms with Gasteiger partial charge in [-0.3, -0.25) is 4.99 Å². The van der Waals surface area contributed by atoms with Crippen LogP contribution in [0.3, 0.4) is 0 Å².